The van der Waals surface area contributed by atoms with Gasteiger partial charge < -0.3 is 20.1 Å². The summed E-state index contributed by atoms with van der Waals surface area (Å²) >= 11 is 0. The summed E-state index contributed by atoms with van der Waals surface area (Å²) in [6, 6.07) is 10.1. The molecule has 7 nitrogen and oxygen atoms in total. The van der Waals surface area contributed by atoms with Gasteiger partial charge in [-0.05, 0) is 48.9 Å². The number of rotatable bonds is 5. The van der Waals surface area contributed by atoms with Gasteiger partial charge >= 0.3 is 6.36 Å². The van der Waals surface area contributed by atoms with Crippen molar-refractivity contribution in [2.75, 3.05) is 23.3 Å². The van der Waals surface area contributed by atoms with E-state index in [0.29, 0.717) is 36.3 Å². The molecular weight excluding hydrogens is 425 g/mol. The van der Waals surface area contributed by atoms with Gasteiger partial charge in [-0.15, -0.1) is 13.2 Å². The van der Waals surface area contributed by atoms with Crippen molar-refractivity contribution in [3.05, 3.63) is 66.7 Å². The first-order valence-electron chi connectivity index (χ1n) is 9.78. The van der Waals surface area contributed by atoms with Gasteiger partial charge in [0.2, 0.25) is 0 Å². The molecule has 1 atom stereocenters. The van der Waals surface area contributed by atoms with Crippen LogP contribution in [0.5, 0.6) is 5.75 Å². The number of aromatic nitrogens is 2. The molecule has 1 saturated heterocycles. The third-order valence-corrected chi connectivity index (χ3v) is 4.98. The Bertz CT molecular complexity index is 1090. The minimum Gasteiger partial charge on any atom is -0.406 e. The van der Waals surface area contributed by atoms with Crippen LogP contribution in [0.15, 0.2) is 61.2 Å². The Morgan fingerprint density at radius 2 is 1.84 bits per heavy atom. The van der Waals surface area contributed by atoms with Crippen LogP contribution in [0.2, 0.25) is 0 Å². The number of carbonyl (C=O) groups excluding carboxylic acids is 1. The second-order valence-corrected chi connectivity index (χ2v) is 7.27. The van der Waals surface area contributed by atoms with Crippen LogP contribution in [0.25, 0.3) is 11.1 Å². The average molecular weight is 444 g/mol. The lowest BCUT2D eigenvalue weighted by Gasteiger charge is -2.22. The summed E-state index contributed by atoms with van der Waals surface area (Å²) in [5.41, 5.74) is 2.97. The molecule has 10 heteroatoms. The van der Waals surface area contributed by atoms with Crippen molar-refractivity contribution < 1.29 is 27.8 Å². The lowest BCUT2D eigenvalue weighted by Crippen LogP contribution is -2.22. The highest BCUT2D eigenvalue weighted by atomic mass is 19.4. The van der Waals surface area contributed by atoms with E-state index in [1.165, 1.54) is 18.5 Å². The summed E-state index contributed by atoms with van der Waals surface area (Å²) in [6.07, 6.45) is 0.142. The van der Waals surface area contributed by atoms with Gasteiger partial charge in [-0.2, -0.15) is 0 Å². The van der Waals surface area contributed by atoms with Crippen molar-refractivity contribution in [3.8, 4) is 16.9 Å². The average Bonchev–Trinajstić information content (AvgIpc) is 3.20. The van der Waals surface area contributed by atoms with Crippen LogP contribution in [0.3, 0.4) is 0 Å². The van der Waals surface area contributed by atoms with E-state index in [-0.39, 0.29) is 5.75 Å². The molecule has 1 aromatic heterocycles. The zero-order valence-corrected chi connectivity index (χ0v) is 16.7. The van der Waals surface area contributed by atoms with Gasteiger partial charge in [0, 0.05) is 53.5 Å². The van der Waals surface area contributed by atoms with Gasteiger partial charge in [0.1, 0.15) is 12.1 Å². The van der Waals surface area contributed by atoms with E-state index in [4.69, 9.17) is 0 Å². The number of β-amino-alcohol motifs (C(OH)–C–C–N with tert-alkyl or cyclic N) is 1. The SMILES string of the molecule is O=C(Nc1ccc(OC(F)(F)F)cc1)c1ccc(N2CC[C@H](O)C2)c(-c2cncnc2)c1. The molecule has 1 amide bonds. The highest BCUT2D eigenvalue weighted by Gasteiger charge is 2.31. The number of hydrogen-bond donors (Lipinski definition) is 2. The number of aliphatic hydroxyl groups is 1. The highest BCUT2D eigenvalue weighted by Crippen LogP contribution is 2.33. The third-order valence-electron chi connectivity index (χ3n) is 4.98. The molecule has 0 spiro atoms. The molecule has 2 heterocycles. The molecule has 0 unspecified atom stereocenters. The lowest BCUT2D eigenvalue weighted by molar-refractivity contribution is -0.274. The second-order valence-electron chi connectivity index (χ2n) is 7.27. The number of carbonyl (C=O) groups is 1. The number of anilines is 2. The standard InChI is InChI=1S/C22H19F3N4O3/c23-22(24,25)32-18-4-2-16(3-5-18)28-21(31)14-1-6-20(29-8-7-17(30)12-29)19(9-14)15-10-26-13-27-11-15/h1-6,9-11,13,17,30H,7-8,12H2,(H,28,31)/t17-/m0/s1. The van der Waals surface area contributed by atoms with Crippen LogP contribution in [-0.2, 0) is 0 Å². The summed E-state index contributed by atoms with van der Waals surface area (Å²) in [5, 5.41) is 12.6. The summed E-state index contributed by atoms with van der Waals surface area (Å²) in [4.78, 5) is 22.9. The molecule has 2 aromatic carbocycles. The van der Waals surface area contributed by atoms with Crippen molar-refractivity contribution in [2.24, 2.45) is 0 Å². The monoisotopic (exact) mass is 444 g/mol. The van der Waals surface area contributed by atoms with E-state index in [1.54, 1.807) is 30.6 Å². The van der Waals surface area contributed by atoms with Crippen molar-refractivity contribution >= 4 is 17.3 Å². The maximum Gasteiger partial charge on any atom is 0.573 e. The number of hydrogen-bond acceptors (Lipinski definition) is 6. The number of alkyl halides is 3. The van der Waals surface area contributed by atoms with Gasteiger partial charge in [0.25, 0.3) is 5.91 Å². The molecule has 0 saturated carbocycles. The summed E-state index contributed by atoms with van der Waals surface area (Å²) in [6.45, 7) is 1.17. The molecule has 1 aliphatic rings. The normalized spacial score (nSPS) is 16.1. The Hall–Kier alpha value is -3.66. The van der Waals surface area contributed by atoms with E-state index in [2.05, 4.69) is 20.0 Å². The predicted octanol–water partition coefficient (Wildman–Crippen LogP) is 3.87. The van der Waals surface area contributed by atoms with Gasteiger partial charge in [-0.3, -0.25) is 4.79 Å². The van der Waals surface area contributed by atoms with Crippen LogP contribution < -0.4 is 15.0 Å². The van der Waals surface area contributed by atoms with E-state index in [0.717, 1.165) is 23.4 Å². The van der Waals surface area contributed by atoms with E-state index < -0.39 is 18.4 Å². The fourth-order valence-electron chi connectivity index (χ4n) is 3.53. The number of aliphatic hydroxyl groups excluding tert-OH is 1. The van der Waals surface area contributed by atoms with E-state index >= 15 is 0 Å². The van der Waals surface area contributed by atoms with Gasteiger partial charge in [-0.1, -0.05) is 0 Å². The van der Waals surface area contributed by atoms with Crippen LogP contribution in [0.4, 0.5) is 24.5 Å². The lowest BCUT2D eigenvalue weighted by atomic mass is 10.0. The topological polar surface area (TPSA) is 87.6 Å². The number of ether oxygens (including phenoxy) is 1. The number of nitrogens with zero attached hydrogens (tertiary/aromatic N) is 3. The van der Waals surface area contributed by atoms with Gasteiger partial charge in [-0.25, -0.2) is 9.97 Å². The Labute approximate surface area is 181 Å². The first-order chi connectivity index (χ1) is 15.3. The maximum atomic E-state index is 12.8. The molecule has 1 aliphatic heterocycles. The molecule has 0 bridgehead atoms. The molecule has 32 heavy (non-hydrogen) atoms. The van der Waals surface area contributed by atoms with E-state index in [1.807, 2.05) is 4.90 Å². The largest absolute Gasteiger partial charge is 0.573 e. The minimum atomic E-state index is -4.78. The number of benzene rings is 2. The summed E-state index contributed by atoms with van der Waals surface area (Å²) in [5.74, 6) is -0.806. The maximum absolute atomic E-state index is 12.8. The number of nitrogens with one attached hydrogen (secondary N) is 1. The zero-order valence-electron chi connectivity index (χ0n) is 16.7. The smallest absolute Gasteiger partial charge is 0.406 e. The Morgan fingerprint density at radius 1 is 1.12 bits per heavy atom. The first-order valence-corrected chi connectivity index (χ1v) is 9.78. The Balaban J connectivity index is 1.57. The molecule has 3 aromatic rings. The minimum absolute atomic E-state index is 0.320. The van der Waals surface area contributed by atoms with Crippen LogP contribution >= 0.6 is 0 Å². The number of amides is 1. The Kier molecular flexibility index (Phi) is 5.95. The summed E-state index contributed by atoms with van der Waals surface area (Å²) < 4.78 is 40.7. The quantitative estimate of drug-likeness (QED) is 0.621. The zero-order chi connectivity index (χ0) is 22.7. The Morgan fingerprint density at radius 3 is 2.47 bits per heavy atom. The fraction of sp³-hybridized carbons (Fsp3) is 0.227. The third kappa shape index (κ3) is 5.14. The van der Waals surface area contributed by atoms with Crippen LogP contribution in [-0.4, -0.2) is 46.5 Å². The van der Waals surface area contributed by atoms with Crippen molar-refractivity contribution in [3.63, 3.8) is 0 Å². The molecular formula is C22H19F3N4O3. The predicted molar refractivity (Wildman–Crippen MR) is 111 cm³/mol. The molecule has 4 rings (SSSR count). The fourth-order valence-corrected chi connectivity index (χ4v) is 3.53. The van der Waals surface area contributed by atoms with Crippen molar-refractivity contribution in [2.45, 2.75) is 18.9 Å². The molecule has 2 N–H and O–H groups in total. The van der Waals surface area contributed by atoms with Crippen molar-refractivity contribution in [1.29, 1.82) is 0 Å². The molecule has 0 aliphatic carbocycles. The van der Waals surface area contributed by atoms with Crippen molar-refractivity contribution in [1.82, 2.24) is 9.97 Å². The van der Waals surface area contributed by atoms with Gasteiger partial charge in [0.05, 0.1) is 6.10 Å². The second kappa shape index (κ2) is 8.83. The van der Waals surface area contributed by atoms with Gasteiger partial charge in [0.15, 0.2) is 0 Å². The molecule has 1 fully saturated rings. The van der Waals surface area contributed by atoms with Crippen LogP contribution in [0.1, 0.15) is 16.8 Å². The number of halogens is 3. The molecule has 166 valence electrons. The van der Waals surface area contributed by atoms with E-state index in [9.17, 15) is 23.1 Å². The summed E-state index contributed by atoms with van der Waals surface area (Å²) in [7, 11) is 0. The highest BCUT2D eigenvalue weighted by molar-refractivity contribution is 6.05. The first kappa shape index (κ1) is 21.6. The molecule has 0 radical (unpaired) electrons. The van der Waals surface area contributed by atoms with Crippen LogP contribution in [0, 0.1) is 0 Å².